The van der Waals surface area contributed by atoms with E-state index in [1.165, 1.54) is 0 Å². The van der Waals surface area contributed by atoms with Crippen LogP contribution in [0.15, 0.2) is 12.1 Å². The minimum absolute atomic E-state index is 0.0473. The summed E-state index contributed by atoms with van der Waals surface area (Å²) in [5, 5.41) is 9.19. The number of hydrogen-bond donors (Lipinski definition) is 3. The molecule has 0 unspecified atom stereocenters. The maximum Gasteiger partial charge on any atom is 0.254 e. The number of nitrogens with one attached hydrogen (secondary N) is 1. The van der Waals surface area contributed by atoms with Gasteiger partial charge in [-0.15, -0.1) is 0 Å². The van der Waals surface area contributed by atoms with Gasteiger partial charge in [0.1, 0.15) is 5.82 Å². The van der Waals surface area contributed by atoms with Crippen molar-refractivity contribution in [3.05, 3.63) is 23.4 Å². The Hall–Kier alpha value is -1.66. The number of pyridine rings is 1. The van der Waals surface area contributed by atoms with Gasteiger partial charge in [0.15, 0.2) is 0 Å². The van der Waals surface area contributed by atoms with Crippen LogP contribution in [0.5, 0.6) is 0 Å². The molecule has 6 nitrogen and oxygen atoms in total. The molecule has 0 aliphatic heterocycles. The molecule has 1 aromatic rings. The minimum atomic E-state index is -0.102. The Labute approximate surface area is 120 Å². The lowest BCUT2D eigenvalue weighted by Crippen LogP contribution is -2.41. The molecule has 20 heavy (non-hydrogen) atoms. The number of amides is 1. The molecule has 0 aromatic carbocycles. The van der Waals surface area contributed by atoms with Crippen molar-refractivity contribution in [2.75, 3.05) is 18.6 Å². The van der Waals surface area contributed by atoms with Crippen molar-refractivity contribution in [1.29, 1.82) is 0 Å². The Bertz CT molecular complexity index is 447. The molecule has 6 heteroatoms. The maximum absolute atomic E-state index is 12.6. The van der Waals surface area contributed by atoms with Gasteiger partial charge in [-0.1, -0.05) is 13.8 Å². The molecule has 1 aromatic heterocycles. The smallest absolute Gasteiger partial charge is 0.254 e. The fraction of sp³-hybridized carbons (Fsp3) is 0.571. The second-order valence-corrected chi connectivity index (χ2v) is 4.72. The van der Waals surface area contributed by atoms with Gasteiger partial charge in [-0.05, 0) is 31.9 Å². The molecule has 0 radical (unpaired) electrons. The van der Waals surface area contributed by atoms with Gasteiger partial charge in [0.2, 0.25) is 0 Å². The molecular weight excluding hydrogens is 256 g/mol. The Kier molecular flexibility index (Phi) is 6.41. The van der Waals surface area contributed by atoms with Gasteiger partial charge in [0.05, 0.1) is 6.61 Å². The van der Waals surface area contributed by atoms with Crippen molar-refractivity contribution >= 4 is 11.7 Å². The number of nitrogens with two attached hydrogens (primary N) is 1. The van der Waals surface area contributed by atoms with Gasteiger partial charge in [-0.25, -0.2) is 10.8 Å². The number of aliphatic hydroxyl groups excluding tert-OH is 1. The maximum atomic E-state index is 12.6. The zero-order chi connectivity index (χ0) is 15.1. The third-order valence-electron chi connectivity index (χ3n) is 3.33. The molecule has 0 bridgehead atoms. The van der Waals surface area contributed by atoms with Crippen LogP contribution in [0.2, 0.25) is 0 Å². The number of aromatic nitrogens is 1. The molecule has 1 amide bonds. The first-order chi connectivity index (χ1) is 9.57. The quantitative estimate of drug-likeness (QED) is 0.517. The summed E-state index contributed by atoms with van der Waals surface area (Å²) in [5.74, 6) is 5.72. The van der Waals surface area contributed by atoms with E-state index in [4.69, 9.17) is 5.84 Å². The van der Waals surface area contributed by atoms with Crippen molar-refractivity contribution in [1.82, 2.24) is 9.88 Å². The highest BCUT2D eigenvalue weighted by molar-refractivity contribution is 5.95. The number of anilines is 1. The lowest BCUT2D eigenvalue weighted by Gasteiger charge is -2.30. The molecule has 112 valence electrons. The number of hydrazine groups is 1. The molecule has 0 saturated carbocycles. The standard InChI is InChI=1S/C14H24N4O2/c1-4-12(5-2)18(6-7-19)14(20)11-8-10(3)16-13(9-11)17-15/h8-9,12,19H,4-7,15H2,1-3H3,(H,16,17). The summed E-state index contributed by atoms with van der Waals surface area (Å²) in [5.41, 5.74) is 3.71. The summed E-state index contributed by atoms with van der Waals surface area (Å²) in [6.45, 7) is 6.17. The van der Waals surface area contributed by atoms with E-state index < -0.39 is 0 Å². The van der Waals surface area contributed by atoms with Crippen molar-refractivity contribution in [2.45, 2.75) is 39.7 Å². The second kappa shape index (κ2) is 7.81. The predicted molar refractivity (Wildman–Crippen MR) is 79.3 cm³/mol. The molecule has 0 atom stereocenters. The first kappa shape index (κ1) is 16.4. The van der Waals surface area contributed by atoms with E-state index in [1.54, 1.807) is 17.0 Å². The number of carbonyl (C=O) groups excluding carboxylic acids is 1. The van der Waals surface area contributed by atoms with Crippen LogP contribution < -0.4 is 11.3 Å². The molecule has 4 N–H and O–H groups in total. The van der Waals surface area contributed by atoms with Crippen molar-refractivity contribution in [3.63, 3.8) is 0 Å². The molecule has 1 heterocycles. The van der Waals surface area contributed by atoms with Crippen LogP contribution in [0.1, 0.15) is 42.7 Å². The number of nitrogens with zero attached hydrogens (tertiary/aromatic N) is 2. The number of carbonyl (C=O) groups is 1. The molecule has 0 fully saturated rings. The summed E-state index contributed by atoms with van der Waals surface area (Å²) >= 11 is 0. The van der Waals surface area contributed by atoms with Crippen LogP contribution in [-0.4, -0.2) is 40.1 Å². The van der Waals surface area contributed by atoms with Gasteiger partial charge < -0.3 is 15.4 Å². The first-order valence-electron chi connectivity index (χ1n) is 6.94. The van der Waals surface area contributed by atoms with Crippen LogP contribution in [0.3, 0.4) is 0 Å². The summed E-state index contributed by atoms with van der Waals surface area (Å²) in [6.07, 6.45) is 1.71. The molecule has 0 spiro atoms. The average Bonchev–Trinajstić information content (AvgIpc) is 2.46. The van der Waals surface area contributed by atoms with E-state index in [0.29, 0.717) is 17.9 Å². The predicted octanol–water partition coefficient (Wildman–Crippen LogP) is 1.30. The van der Waals surface area contributed by atoms with Crippen molar-refractivity contribution in [2.24, 2.45) is 5.84 Å². The van der Waals surface area contributed by atoms with E-state index >= 15 is 0 Å². The van der Waals surface area contributed by atoms with Crippen molar-refractivity contribution in [3.8, 4) is 0 Å². The lowest BCUT2D eigenvalue weighted by molar-refractivity contribution is 0.0622. The molecule has 1 rings (SSSR count). The van der Waals surface area contributed by atoms with E-state index in [2.05, 4.69) is 10.4 Å². The number of hydrogen-bond acceptors (Lipinski definition) is 5. The van der Waals surface area contributed by atoms with Gasteiger partial charge in [-0.2, -0.15) is 0 Å². The number of rotatable bonds is 7. The summed E-state index contributed by atoms with van der Waals surface area (Å²) in [7, 11) is 0. The minimum Gasteiger partial charge on any atom is -0.395 e. The zero-order valence-corrected chi connectivity index (χ0v) is 12.4. The second-order valence-electron chi connectivity index (χ2n) is 4.72. The summed E-state index contributed by atoms with van der Waals surface area (Å²) < 4.78 is 0. The highest BCUT2D eigenvalue weighted by Gasteiger charge is 2.22. The third kappa shape index (κ3) is 3.91. The average molecular weight is 280 g/mol. The van der Waals surface area contributed by atoms with Gasteiger partial charge in [0, 0.05) is 23.8 Å². The number of aryl methyl sites for hydroxylation is 1. The van der Waals surface area contributed by atoms with E-state index in [-0.39, 0.29) is 18.6 Å². The van der Waals surface area contributed by atoms with E-state index in [0.717, 1.165) is 18.5 Å². The molecular formula is C14H24N4O2. The highest BCUT2D eigenvalue weighted by Crippen LogP contribution is 2.16. The van der Waals surface area contributed by atoms with Crippen LogP contribution in [-0.2, 0) is 0 Å². The molecule has 0 saturated heterocycles. The van der Waals surface area contributed by atoms with Crippen LogP contribution in [0, 0.1) is 6.92 Å². The zero-order valence-electron chi connectivity index (χ0n) is 12.4. The van der Waals surface area contributed by atoms with Gasteiger partial charge >= 0.3 is 0 Å². The number of nitrogen functional groups attached to an aromatic ring is 1. The normalized spacial score (nSPS) is 10.7. The number of aliphatic hydroxyl groups is 1. The Balaban J connectivity index is 3.08. The fourth-order valence-corrected chi connectivity index (χ4v) is 2.32. The highest BCUT2D eigenvalue weighted by atomic mass is 16.3. The Morgan fingerprint density at radius 3 is 2.60 bits per heavy atom. The summed E-state index contributed by atoms with van der Waals surface area (Å²) in [4.78, 5) is 18.5. The molecule has 0 aliphatic rings. The van der Waals surface area contributed by atoms with E-state index in [1.807, 2.05) is 20.8 Å². The first-order valence-corrected chi connectivity index (χ1v) is 6.94. The van der Waals surface area contributed by atoms with Gasteiger partial charge in [0.25, 0.3) is 5.91 Å². The molecule has 0 aliphatic carbocycles. The summed E-state index contributed by atoms with van der Waals surface area (Å²) in [6, 6.07) is 3.48. The Morgan fingerprint density at radius 1 is 1.45 bits per heavy atom. The van der Waals surface area contributed by atoms with Crippen LogP contribution in [0.25, 0.3) is 0 Å². The van der Waals surface area contributed by atoms with E-state index in [9.17, 15) is 9.90 Å². The lowest BCUT2D eigenvalue weighted by atomic mass is 10.1. The van der Waals surface area contributed by atoms with Crippen LogP contribution in [0.4, 0.5) is 5.82 Å². The van der Waals surface area contributed by atoms with Gasteiger partial charge in [-0.3, -0.25) is 4.79 Å². The largest absolute Gasteiger partial charge is 0.395 e. The fourth-order valence-electron chi connectivity index (χ4n) is 2.32. The third-order valence-corrected chi connectivity index (χ3v) is 3.33. The topological polar surface area (TPSA) is 91.5 Å². The SMILES string of the molecule is CCC(CC)N(CCO)C(=O)c1cc(C)nc(NN)c1. The van der Waals surface area contributed by atoms with Crippen molar-refractivity contribution < 1.29 is 9.90 Å². The Morgan fingerprint density at radius 2 is 2.10 bits per heavy atom. The monoisotopic (exact) mass is 280 g/mol. The van der Waals surface area contributed by atoms with Crippen LogP contribution >= 0.6 is 0 Å².